The van der Waals surface area contributed by atoms with E-state index in [0.29, 0.717) is 6.54 Å². The van der Waals surface area contributed by atoms with Gasteiger partial charge in [0, 0.05) is 19.2 Å². The highest BCUT2D eigenvalue weighted by Crippen LogP contribution is 2.14. The summed E-state index contributed by atoms with van der Waals surface area (Å²) in [6, 6.07) is 0.452. The SMILES string of the molecule is COC(C)(C)CC(C)NCC(=O)NC(C)C. The first-order valence-corrected chi connectivity index (χ1v) is 5.84. The van der Waals surface area contributed by atoms with Crippen LogP contribution in [0, 0.1) is 0 Å². The summed E-state index contributed by atoms with van der Waals surface area (Å²) in [6.45, 7) is 10.4. The second kappa shape index (κ2) is 6.86. The molecule has 1 amide bonds. The maximum Gasteiger partial charge on any atom is 0.234 e. The summed E-state index contributed by atoms with van der Waals surface area (Å²) in [5, 5.41) is 6.03. The summed E-state index contributed by atoms with van der Waals surface area (Å²) < 4.78 is 5.34. The first-order valence-electron chi connectivity index (χ1n) is 5.84. The molecule has 2 N–H and O–H groups in total. The van der Waals surface area contributed by atoms with Gasteiger partial charge in [-0.1, -0.05) is 0 Å². The van der Waals surface area contributed by atoms with E-state index in [1.165, 1.54) is 0 Å². The van der Waals surface area contributed by atoms with Crippen LogP contribution in [0.25, 0.3) is 0 Å². The first-order chi connectivity index (χ1) is 7.26. The van der Waals surface area contributed by atoms with Crippen molar-refractivity contribution in [2.75, 3.05) is 13.7 Å². The lowest BCUT2D eigenvalue weighted by atomic mass is 10.00. The first kappa shape index (κ1) is 15.4. The lowest BCUT2D eigenvalue weighted by Crippen LogP contribution is -2.43. The van der Waals surface area contributed by atoms with E-state index < -0.39 is 0 Å². The van der Waals surface area contributed by atoms with Crippen LogP contribution in [0.1, 0.15) is 41.0 Å². The van der Waals surface area contributed by atoms with Crippen molar-refractivity contribution in [1.29, 1.82) is 0 Å². The van der Waals surface area contributed by atoms with E-state index in [-0.39, 0.29) is 23.6 Å². The molecule has 0 radical (unpaired) electrons. The zero-order chi connectivity index (χ0) is 12.8. The molecule has 1 atom stereocenters. The minimum atomic E-state index is -0.152. The molecule has 0 aliphatic carbocycles. The molecule has 1 unspecified atom stereocenters. The number of hydrogen-bond donors (Lipinski definition) is 2. The van der Waals surface area contributed by atoms with E-state index >= 15 is 0 Å². The van der Waals surface area contributed by atoms with E-state index in [4.69, 9.17) is 4.74 Å². The summed E-state index contributed by atoms with van der Waals surface area (Å²) in [4.78, 5) is 11.4. The highest BCUT2D eigenvalue weighted by atomic mass is 16.5. The monoisotopic (exact) mass is 230 g/mol. The Morgan fingerprint density at radius 2 is 1.88 bits per heavy atom. The van der Waals surface area contributed by atoms with Gasteiger partial charge in [0.2, 0.25) is 5.91 Å². The summed E-state index contributed by atoms with van der Waals surface area (Å²) in [5.41, 5.74) is -0.152. The molecule has 0 saturated carbocycles. The molecule has 0 fully saturated rings. The fraction of sp³-hybridized carbons (Fsp3) is 0.917. The van der Waals surface area contributed by atoms with Crippen LogP contribution in [-0.2, 0) is 9.53 Å². The Morgan fingerprint density at radius 3 is 2.31 bits per heavy atom. The van der Waals surface area contributed by atoms with Gasteiger partial charge >= 0.3 is 0 Å². The van der Waals surface area contributed by atoms with E-state index in [2.05, 4.69) is 17.6 Å². The van der Waals surface area contributed by atoms with Crippen LogP contribution in [0.4, 0.5) is 0 Å². The third kappa shape index (κ3) is 7.65. The molecule has 0 heterocycles. The molecule has 4 heteroatoms. The van der Waals surface area contributed by atoms with Crippen molar-refractivity contribution < 1.29 is 9.53 Å². The van der Waals surface area contributed by atoms with Gasteiger partial charge in [-0.2, -0.15) is 0 Å². The fourth-order valence-electron chi connectivity index (χ4n) is 1.53. The van der Waals surface area contributed by atoms with Crippen LogP contribution in [0.3, 0.4) is 0 Å². The fourth-order valence-corrected chi connectivity index (χ4v) is 1.53. The number of hydrogen-bond acceptors (Lipinski definition) is 3. The van der Waals surface area contributed by atoms with Gasteiger partial charge in [-0.25, -0.2) is 0 Å². The highest BCUT2D eigenvalue weighted by molar-refractivity contribution is 5.78. The predicted octanol–water partition coefficient (Wildman–Crippen LogP) is 1.30. The van der Waals surface area contributed by atoms with Gasteiger partial charge in [-0.3, -0.25) is 4.79 Å². The molecule has 0 aromatic rings. The predicted molar refractivity (Wildman–Crippen MR) is 66.4 cm³/mol. The van der Waals surface area contributed by atoms with Gasteiger partial charge in [0.05, 0.1) is 12.1 Å². The molecule has 0 aliphatic rings. The number of methoxy groups -OCH3 is 1. The Labute approximate surface area is 99.1 Å². The van der Waals surface area contributed by atoms with Crippen LogP contribution in [0.15, 0.2) is 0 Å². The average Bonchev–Trinajstić information content (AvgIpc) is 2.13. The van der Waals surface area contributed by atoms with E-state index in [0.717, 1.165) is 6.42 Å². The van der Waals surface area contributed by atoms with Gasteiger partial charge < -0.3 is 15.4 Å². The molecule has 0 spiro atoms. The normalized spacial score (nSPS) is 13.9. The van der Waals surface area contributed by atoms with Crippen molar-refractivity contribution in [2.45, 2.75) is 58.7 Å². The molecule has 16 heavy (non-hydrogen) atoms. The van der Waals surface area contributed by atoms with E-state index in [1.54, 1.807) is 7.11 Å². The van der Waals surface area contributed by atoms with Crippen LogP contribution >= 0.6 is 0 Å². The lowest BCUT2D eigenvalue weighted by molar-refractivity contribution is -0.120. The third-order valence-electron chi connectivity index (χ3n) is 2.41. The van der Waals surface area contributed by atoms with E-state index in [9.17, 15) is 4.79 Å². The number of carbonyl (C=O) groups excluding carboxylic acids is 1. The smallest absolute Gasteiger partial charge is 0.234 e. The van der Waals surface area contributed by atoms with Crippen LogP contribution < -0.4 is 10.6 Å². The van der Waals surface area contributed by atoms with E-state index in [1.807, 2.05) is 27.7 Å². The quantitative estimate of drug-likeness (QED) is 0.693. The summed E-state index contributed by atoms with van der Waals surface area (Å²) in [5.74, 6) is 0.0390. The Kier molecular flexibility index (Phi) is 6.60. The average molecular weight is 230 g/mol. The second-order valence-electron chi connectivity index (χ2n) is 5.17. The number of rotatable bonds is 7. The molecular formula is C12H26N2O2. The Bertz CT molecular complexity index is 215. The molecule has 96 valence electrons. The number of nitrogens with one attached hydrogen (secondary N) is 2. The Hall–Kier alpha value is -0.610. The van der Waals surface area contributed by atoms with Gasteiger partial charge in [0.15, 0.2) is 0 Å². The van der Waals surface area contributed by atoms with Crippen molar-refractivity contribution in [3.63, 3.8) is 0 Å². The molecule has 0 aromatic carbocycles. The summed E-state index contributed by atoms with van der Waals surface area (Å²) in [7, 11) is 1.71. The van der Waals surface area contributed by atoms with Gasteiger partial charge in [0.25, 0.3) is 0 Å². The topological polar surface area (TPSA) is 50.4 Å². The zero-order valence-electron chi connectivity index (χ0n) is 11.4. The van der Waals surface area contributed by atoms with Crippen molar-refractivity contribution in [3.05, 3.63) is 0 Å². The Morgan fingerprint density at radius 1 is 1.31 bits per heavy atom. The largest absolute Gasteiger partial charge is 0.379 e. The molecule has 0 saturated heterocycles. The maximum atomic E-state index is 11.4. The number of amides is 1. The zero-order valence-corrected chi connectivity index (χ0v) is 11.4. The van der Waals surface area contributed by atoms with Gasteiger partial charge in [-0.15, -0.1) is 0 Å². The van der Waals surface area contributed by atoms with Crippen molar-refractivity contribution in [1.82, 2.24) is 10.6 Å². The number of ether oxygens (including phenoxy) is 1. The van der Waals surface area contributed by atoms with Gasteiger partial charge in [0.1, 0.15) is 0 Å². The maximum absolute atomic E-state index is 11.4. The van der Waals surface area contributed by atoms with Crippen molar-refractivity contribution in [3.8, 4) is 0 Å². The second-order valence-corrected chi connectivity index (χ2v) is 5.17. The molecule has 0 aromatic heterocycles. The summed E-state index contributed by atoms with van der Waals surface area (Å²) in [6.07, 6.45) is 0.873. The van der Waals surface area contributed by atoms with Gasteiger partial charge in [-0.05, 0) is 41.0 Å². The van der Waals surface area contributed by atoms with Crippen LogP contribution in [0.5, 0.6) is 0 Å². The molecule has 0 bridgehead atoms. The minimum absolute atomic E-state index is 0.0390. The molecule has 0 rings (SSSR count). The molecular weight excluding hydrogens is 204 g/mol. The molecule has 4 nitrogen and oxygen atoms in total. The lowest BCUT2D eigenvalue weighted by Gasteiger charge is -2.27. The third-order valence-corrected chi connectivity index (χ3v) is 2.41. The standard InChI is InChI=1S/C12H26N2O2/c1-9(2)14-11(15)8-13-10(3)7-12(4,5)16-6/h9-10,13H,7-8H2,1-6H3,(H,14,15). The van der Waals surface area contributed by atoms with Crippen molar-refractivity contribution >= 4 is 5.91 Å². The highest BCUT2D eigenvalue weighted by Gasteiger charge is 2.20. The number of carbonyl (C=O) groups is 1. The van der Waals surface area contributed by atoms with Crippen LogP contribution in [0.2, 0.25) is 0 Å². The van der Waals surface area contributed by atoms with Crippen molar-refractivity contribution in [2.24, 2.45) is 0 Å². The summed E-state index contributed by atoms with van der Waals surface area (Å²) >= 11 is 0. The minimum Gasteiger partial charge on any atom is -0.379 e. The molecule has 0 aliphatic heterocycles. The van der Waals surface area contributed by atoms with Crippen LogP contribution in [-0.4, -0.2) is 37.2 Å². The Balaban J connectivity index is 3.81.